The van der Waals surface area contributed by atoms with Crippen LogP contribution >= 0.6 is 0 Å². The maximum absolute atomic E-state index is 12.9. The molecule has 64 heavy (non-hydrogen) atoms. The Hall–Kier alpha value is -3.32. The number of aliphatic hydroxyl groups excluding tert-OH is 7. The topological polar surface area (TPSA) is 231 Å². The summed E-state index contributed by atoms with van der Waals surface area (Å²) in [5, 5.41) is 71.9. The van der Waals surface area contributed by atoms with Gasteiger partial charge in [0.15, 0.2) is 18.7 Å². The van der Waals surface area contributed by atoms with Crippen molar-refractivity contribution in [3.8, 4) is 0 Å². The van der Waals surface area contributed by atoms with Gasteiger partial charge in [-0.3, -0.25) is 9.59 Å². The van der Waals surface area contributed by atoms with Gasteiger partial charge >= 0.3 is 11.9 Å². The zero-order valence-electron chi connectivity index (χ0n) is 38.0. The van der Waals surface area contributed by atoms with Gasteiger partial charge in [-0.05, 0) is 51.4 Å². The Morgan fingerprint density at radius 1 is 0.500 bits per heavy atom. The van der Waals surface area contributed by atoms with E-state index in [2.05, 4.69) is 44.2 Å². The Kier molecular flexibility index (Phi) is 31.8. The van der Waals surface area contributed by atoms with Gasteiger partial charge in [-0.25, -0.2) is 0 Å². The SMILES string of the molecule is CC/C=C/C=C/C=C/C=C/CCCCCC(=O)OC(COC(=O)CCCCCCCCC/C=C/C=C/C=C/CC)CO[C@@H]1O[C@H](CO[C@@H]2O[C@H](CO)[C@H](O)C(O)C2O)[C@H](O)C(O)C1O. The predicted molar refractivity (Wildman–Crippen MR) is 242 cm³/mol. The Balaban J connectivity index is 1.87. The van der Waals surface area contributed by atoms with Crippen molar-refractivity contribution in [2.24, 2.45) is 0 Å². The van der Waals surface area contributed by atoms with Crippen LogP contribution < -0.4 is 0 Å². The van der Waals surface area contributed by atoms with E-state index in [0.717, 1.165) is 77.0 Å². The first kappa shape index (κ1) is 56.8. The maximum Gasteiger partial charge on any atom is 0.306 e. The molecular formula is C49H78O15. The van der Waals surface area contributed by atoms with Gasteiger partial charge in [-0.15, -0.1) is 0 Å². The first-order valence-corrected chi connectivity index (χ1v) is 23.3. The molecule has 0 aromatic rings. The minimum atomic E-state index is -1.78. The Labute approximate surface area is 380 Å². The van der Waals surface area contributed by atoms with E-state index in [-0.39, 0.29) is 19.4 Å². The predicted octanol–water partition coefficient (Wildman–Crippen LogP) is 5.26. The minimum absolute atomic E-state index is 0.111. The lowest BCUT2D eigenvalue weighted by Crippen LogP contribution is -2.61. The number of hydrogen-bond donors (Lipinski definition) is 7. The monoisotopic (exact) mass is 907 g/mol. The zero-order chi connectivity index (χ0) is 46.8. The fourth-order valence-electron chi connectivity index (χ4n) is 6.70. The normalized spacial score (nSPS) is 27.4. The van der Waals surface area contributed by atoms with Crippen LogP contribution in [-0.4, -0.2) is 142 Å². The minimum Gasteiger partial charge on any atom is -0.462 e. The molecule has 2 saturated heterocycles. The van der Waals surface area contributed by atoms with E-state index in [1.165, 1.54) is 0 Å². The van der Waals surface area contributed by atoms with E-state index in [1.54, 1.807) is 0 Å². The molecule has 0 amide bonds. The van der Waals surface area contributed by atoms with Crippen LogP contribution in [0.25, 0.3) is 0 Å². The molecule has 0 aliphatic carbocycles. The fraction of sp³-hybridized carbons (Fsp3) is 0.673. The third kappa shape index (κ3) is 24.3. The molecule has 2 aliphatic rings. The van der Waals surface area contributed by atoms with Crippen LogP contribution in [0.5, 0.6) is 0 Å². The molecule has 11 atom stereocenters. The number of unbranched alkanes of at least 4 members (excludes halogenated alkanes) is 10. The summed E-state index contributed by atoms with van der Waals surface area (Å²) in [6, 6.07) is 0. The van der Waals surface area contributed by atoms with Crippen LogP contribution in [0.2, 0.25) is 0 Å². The number of esters is 2. The molecule has 2 fully saturated rings. The highest BCUT2D eigenvalue weighted by Gasteiger charge is 2.47. The lowest BCUT2D eigenvalue weighted by Gasteiger charge is -2.42. The third-order valence-corrected chi connectivity index (χ3v) is 10.5. The molecule has 364 valence electrons. The largest absolute Gasteiger partial charge is 0.462 e. The molecule has 0 aromatic heterocycles. The van der Waals surface area contributed by atoms with Crippen LogP contribution in [0.15, 0.2) is 85.1 Å². The molecule has 2 heterocycles. The van der Waals surface area contributed by atoms with Gasteiger partial charge in [0.25, 0.3) is 0 Å². The van der Waals surface area contributed by atoms with Gasteiger partial charge in [0.1, 0.15) is 55.4 Å². The smallest absolute Gasteiger partial charge is 0.306 e. The number of carbonyl (C=O) groups excluding carboxylic acids is 2. The summed E-state index contributed by atoms with van der Waals surface area (Å²) in [6.45, 7) is 2.22. The van der Waals surface area contributed by atoms with Crippen LogP contribution in [0, 0.1) is 0 Å². The number of hydrogen-bond acceptors (Lipinski definition) is 15. The second kappa shape index (κ2) is 35.9. The van der Waals surface area contributed by atoms with Crippen LogP contribution in [0.1, 0.15) is 117 Å². The number of ether oxygens (including phenoxy) is 6. The summed E-state index contributed by atoms with van der Waals surface area (Å²) in [4.78, 5) is 25.6. The molecule has 0 saturated carbocycles. The van der Waals surface area contributed by atoms with Crippen molar-refractivity contribution in [2.45, 2.75) is 184 Å². The van der Waals surface area contributed by atoms with Crippen molar-refractivity contribution in [1.82, 2.24) is 0 Å². The van der Waals surface area contributed by atoms with Gasteiger partial charge in [0, 0.05) is 12.8 Å². The van der Waals surface area contributed by atoms with Gasteiger partial charge in [0.2, 0.25) is 0 Å². The molecule has 0 aromatic carbocycles. The average Bonchev–Trinajstić information content (AvgIpc) is 3.29. The summed E-state index contributed by atoms with van der Waals surface area (Å²) < 4.78 is 33.4. The standard InChI is InChI=1S/C49H78O15/c1-3-5-7-9-11-13-15-17-18-20-21-23-25-27-29-31-40(51)59-34-37(62-41(52)32-30-28-26-24-22-19-16-14-12-10-8-6-4-2)35-60-48-47(58)45(56)43(54)39(64-48)36-61-49-46(57)44(55)42(53)38(33-50)63-49/h5-16,19,22,37-39,42-50,53-58H,3-4,17-18,20-21,23-36H2,1-2H3/b7-5+,8-6+,11-9+,12-10+,15-13+,16-14+,22-19+/t37?,38-,39-,42+,43+,44?,45?,46?,47?,48-,49-/m1/s1. The molecule has 15 nitrogen and oxygen atoms in total. The van der Waals surface area contributed by atoms with Gasteiger partial charge in [-0.1, -0.05) is 137 Å². The first-order chi connectivity index (χ1) is 31.0. The summed E-state index contributed by atoms with van der Waals surface area (Å²) in [5.74, 6) is -0.997. The average molecular weight is 907 g/mol. The first-order valence-electron chi connectivity index (χ1n) is 23.3. The van der Waals surface area contributed by atoms with E-state index < -0.39 is 99.3 Å². The number of allylic oxidation sites excluding steroid dienone is 14. The van der Waals surface area contributed by atoms with Crippen molar-refractivity contribution in [3.63, 3.8) is 0 Å². The van der Waals surface area contributed by atoms with Crippen molar-refractivity contribution < 1.29 is 73.8 Å². The van der Waals surface area contributed by atoms with Gasteiger partial charge in [-0.2, -0.15) is 0 Å². The zero-order valence-corrected chi connectivity index (χ0v) is 38.0. The van der Waals surface area contributed by atoms with E-state index in [0.29, 0.717) is 12.8 Å². The Morgan fingerprint density at radius 3 is 1.48 bits per heavy atom. The molecule has 7 N–H and O–H groups in total. The molecular weight excluding hydrogens is 829 g/mol. The molecule has 15 heteroatoms. The molecule has 0 bridgehead atoms. The molecule has 5 unspecified atom stereocenters. The number of rotatable bonds is 33. The Morgan fingerprint density at radius 2 is 0.938 bits per heavy atom. The van der Waals surface area contributed by atoms with Gasteiger partial charge < -0.3 is 64.2 Å². The van der Waals surface area contributed by atoms with E-state index >= 15 is 0 Å². The second-order valence-corrected chi connectivity index (χ2v) is 16.0. The van der Waals surface area contributed by atoms with Crippen LogP contribution in [-0.2, 0) is 38.0 Å². The van der Waals surface area contributed by atoms with E-state index in [9.17, 15) is 45.3 Å². The fourth-order valence-corrected chi connectivity index (χ4v) is 6.70. The molecule has 2 aliphatic heterocycles. The lowest BCUT2D eigenvalue weighted by molar-refractivity contribution is -0.332. The van der Waals surface area contributed by atoms with Crippen molar-refractivity contribution in [3.05, 3.63) is 85.1 Å². The van der Waals surface area contributed by atoms with Gasteiger partial charge in [0.05, 0.1) is 19.8 Å². The van der Waals surface area contributed by atoms with Crippen molar-refractivity contribution >= 4 is 11.9 Å². The lowest BCUT2D eigenvalue weighted by atomic mass is 9.98. The summed E-state index contributed by atoms with van der Waals surface area (Å²) in [6.07, 6.45) is 24.8. The molecule has 2 rings (SSSR count). The summed E-state index contributed by atoms with van der Waals surface area (Å²) in [5.41, 5.74) is 0. The third-order valence-electron chi connectivity index (χ3n) is 10.5. The Bertz CT molecular complexity index is 1440. The molecule has 0 radical (unpaired) electrons. The van der Waals surface area contributed by atoms with Crippen molar-refractivity contribution in [1.29, 1.82) is 0 Å². The number of aliphatic hydroxyl groups is 7. The highest BCUT2D eigenvalue weighted by Crippen LogP contribution is 2.26. The van der Waals surface area contributed by atoms with E-state index in [4.69, 9.17) is 28.4 Å². The second-order valence-electron chi connectivity index (χ2n) is 16.0. The molecule has 0 spiro atoms. The highest BCUT2D eigenvalue weighted by atomic mass is 16.7. The maximum atomic E-state index is 12.9. The summed E-state index contributed by atoms with van der Waals surface area (Å²) >= 11 is 0. The number of carbonyl (C=O) groups is 2. The van der Waals surface area contributed by atoms with E-state index in [1.807, 2.05) is 54.7 Å². The quantitative estimate of drug-likeness (QED) is 0.0253. The highest BCUT2D eigenvalue weighted by molar-refractivity contribution is 5.70. The van der Waals surface area contributed by atoms with Crippen LogP contribution in [0.4, 0.5) is 0 Å². The summed E-state index contributed by atoms with van der Waals surface area (Å²) in [7, 11) is 0. The van der Waals surface area contributed by atoms with Crippen LogP contribution in [0.3, 0.4) is 0 Å². The van der Waals surface area contributed by atoms with Crippen molar-refractivity contribution in [2.75, 3.05) is 26.4 Å².